The maximum Gasteiger partial charge on any atom is 0.344 e. The van der Waals surface area contributed by atoms with Crippen LogP contribution in [0, 0.1) is 0 Å². The van der Waals surface area contributed by atoms with Crippen LogP contribution in [0.4, 0.5) is 0 Å². The summed E-state index contributed by atoms with van der Waals surface area (Å²) in [6, 6.07) is 7.38. The predicted molar refractivity (Wildman–Crippen MR) is 80.0 cm³/mol. The SMILES string of the molecule is C[C@@H](C[NH+]1CCCC1)OC(=O)COc1ccc(Br)cc1. The van der Waals surface area contributed by atoms with Crippen LogP contribution in [-0.2, 0) is 9.53 Å². The van der Waals surface area contributed by atoms with Crippen LogP contribution in [-0.4, -0.2) is 38.3 Å². The molecular weight excluding hydrogens is 322 g/mol. The van der Waals surface area contributed by atoms with Crippen molar-refractivity contribution >= 4 is 21.9 Å². The van der Waals surface area contributed by atoms with Crippen molar-refractivity contribution < 1.29 is 19.2 Å². The summed E-state index contributed by atoms with van der Waals surface area (Å²) in [5, 5.41) is 0. The number of nitrogens with one attached hydrogen (secondary N) is 1. The highest BCUT2D eigenvalue weighted by Crippen LogP contribution is 2.15. The second-order valence-corrected chi connectivity index (χ2v) is 6.12. The second kappa shape index (κ2) is 7.64. The van der Waals surface area contributed by atoms with E-state index in [9.17, 15) is 4.79 Å². The first-order chi connectivity index (χ1) is 9.63. The van der Waals surface area contributed by atoms with Crippen LogP contribution in [0.3, 0.4) is 0 Å². The Kier molecular flexibility index (Phi) is 5.86. The molecular formula is C15H21BrNO3+. The summed E-state index contributed by atoms with van der Waals surface area (Å²) in [4.78, 5) is 13.2. The molecule has 0 unspecified atom stereocenters. The third kappa shape index (κ3) is 5.13. The van der Waals surface area contributed by atoms with E-state index in [4.69, 9.17) is 9.47 Å². The monoisotopic (exact) mass is 342 g/mol. The van der Waals surface area contributed by atoms with Gasteiger partial charge in [0.2, 0.25) is 0 Å². The maximum absolute atomic E-state index is 11.7. The molecule has 0 saturated carbocycles. The van der Waals surface area contributed by atoms with Crippen molar-refractivity contribution in [3.8, 4) is 5.75 Å². The molecule has 110 valence electrons. The van der Waals surface area contributed by atoms with E-state index < -0.39 is 0 Å². The van der Waals surface area contributed by atoms with Gasteiger partial charge in [-0.15, -0.1) is 0 Å². The zero-order valence-corrected chi connectivity index (χ0v) is 13.3. The van der Waals surface area contributed by atoms with Crippen molar-refractivity contribution in [2.45, 2.75) is 25.9 Å². The molecule has 1 fully saturated rings. The molecule has 0 bridgehead atoms. The third-order valence-electron chi connectivity index (χ3n) is 3.39. The lowest BCUT2D eigenvalue weighted by Gasteiger charge is -2.18. The van der Waals surface area contributed by atoms with Crippen molar-refractivity contribution in [2.75, 3.05) is 26.2 Å². The van der Waals surface area contributed by atoms with Crippen LogP contribution in [0.15, 0.2) is 28.7 Å². The quantitative estimate of drug-likeness (QED) is 0.795. The summed E-state index contributed by atoms with van der Waals surface area (Å²) >= 11 is 3.35. The minimum Gasteiger partial charge on any atom is -0.482 e. The first kappa shape index (κ1) is 15.3. The van der Waals surface area contributed by atoms with Gasteiger partial charge >= 0.3 is 5.97 Å². The number of halogens is 1. The van der Waals surface area contributed by atoms with Gasteiger partial charge in [-0.05, 0) is 31.2 Å². The van der Waals surface area contributed by atoms with Crippen LogP contribution >= 0.6 is 15.9 Å². The molecule has 0 aromatic heterocycles. The Morgan fingerprint density at radius 1 is 1.30 bits per heavy atom. The van der Waals surface area contributed by atoms with Gasteiger partial charge in [-0.1, -0.05) is 15.9 Å². The van der Waals surface area contributed by atoms with E-state index in [1.807, 2.05) is 31.2 Å². The number of likely N-dealkylation sites (tertiary alicyclic amines) is 1. The van der Waals surface area contributed by atoms with Gasteiger partial charge in [0.1, 0.15) is 18.4 Å². The highest BCUT2D eigenvalue weighted by molar-refractivity contribution is 9.10. The van der Waals surface area contributed by atoms with Gasteiger partial charge < -0.3 is 14.4 Å². The molecule has 1 heterocycles. The summed E-state index contributed by atoms with van der Waals surface area (Å²) in [5.74, 6) is 0.363. The molecule has 5 heteroatoms. The number of hydrogen-bond acceptors (Lipinski definition) is 3. The van der Waals surface area contributed by atoms with E-state index >= 15 is 0 Å². The van der Waals surface area contributed by atoms with Gasteiger partial charge in [0.05, 0.1) is 13.1 Å². The van der Waals surface area contributed by atoms with Crippen molar-refractivity contribution in [1.29, 1.82) is 0 Å². The number of esters is 1. The molecule has 1 N–H and O–H groups in total. The first-order valence-electron chi connectivity index (χ1n) is 7.05. The van der Waals surface area contributed by atoms with Crippen molar-refractivity contribution in [2.24, 2.45) is 0 Å². The summed E-state index contributed by atoms with van der Waals surface area (Å²) in [6.45, 7) is 5.18. The lowest BCUT2D eigenvalue weighted by atomic mass is 10.3. The third-order valence-corrected chi connectivity index (χ3v) is 3.92. The standard InChI is InChI=1S/C15H20BrNO3/c1-12(10-17-8-2-3-9-17)20-15(18)11-19-14-6-4-13(16)5-7-14/h4-7,12H,2-3,8-11H2,1H3/p+1/t12-/m0/s1. The second-order valence-electron chi connectivity index (χ2n) is 5.20. The van der Waals surface area contributed by atoms with Crippen molar-refractivity contribution in [1.82, 2.24) is 0 Å². The molecule has 2 rings (SSSR count). The van der Waals surface area contributed by atoms with Crippen LogP contribution in [0.2, 0.25) is 0 Å². The largest absolute Gasteiger partial charge is 0.482 e. The average molecular weight is 343 g/mol. The Labute approximate surface area is 128 Å². The first-order valence-corrected chi connectivity index (χ1v) is 7.84. The van der Waals surface area contributed by atoms with Crippen molar-refractivity contribution in [3.63, 3.8) is 0 Å². The average Bonchev–Trinajstić information content (AvgIpc) is 2.90. The Bertz CT molecular complexity index is 429. The van der Waals surface area contributed by atoms with E-state index in [2.05, 4.69) is 15.9 Å². The molecule has 1 saturated heterocycles. The zero-order chi connectivity index (χ0) is 14.4. The fraction of sp³-hybridized carbons (Fsp3) is 0.533. The topological polar surface area (TPSA) is 40.0 Å². The fourth-order valence-electron chi connectivity index (χ4n) is 2.46. The zero-order valence-electron chi connectivity index (χ0n) is 11.7. The highest BCUT2D eigenvalue weighted by atomic mass is 79.9. The molecule has 0 aliphatic carbocycles. The van der Waals surface area contributed by atoms with Gasteiger partial charge in [0, 0.05) is 17.3 Å². The Morgan fingerprint density at radius 3 is 2.60 bits per heavy atom. The minimum absolute atomic E-state index is 0.0404. The van der Waals surface area contributed by atoms with Gasteiger partial charge in [0.15, 0.2) is 6.61 Å². The molecule has 1 atom stereocenters. The Balaban J connectivity index is 1.67. The van der Waals surface area contributed by atoms with E-state index in [-0.39, 0.29) is 18.7 Å². The number of ether oxygens (including phenoxy) is 2. The molecule has 4 nitrogen and oxygen atoms in total. The number of quaternary nitrogens is 1. The molecule has 0 radical (unpaired) electrons. The summed E-state index contributed by atoms with van der Waals surface area (Å²) < 4.78 is 11.7. The van der Waals surface area contributed by atoms with Gasteiger partial charge in [-0.3, -0.25) is 0 Å². The highest BCUT2D eigenvalue weighted by Gasteiger charge is 2.20. The summed E-state index contributed by atoms with van der Waals surface area (Å²) in [5.41, 5.74) is 0. The van der Waals surface area contributed by atoms with E-state index in [1.165, 1.54) is 30.8 Å². The predicted octanol–water partition coefficient (Wildman–Crippen LogP) is 1.44. The number of carbonyl (C=O) groups excluding carboxylic acids is 1. The minimum atomic E-state index is -0.306. The molecule has 0 amide bonds. The van der Waals surface area contributed by atoms with E-state index in [1.54, 1.807) is 0 Å². The normalized spacial score (nSPS) is 16.9. The van der Waals surface area contributed by atoms with Gasteiger partial charge in [-0.25, -0.2) is 4.79 Å². The van der Waals surface area contributed by atoms with Crippen LogP contribution in [0.5, 0.6) is 5.75 Å². The van der Waals surface area contributed by atoms with Crippen LogP contribution in [0.25, 0.3) is 0 Å². The molecule has 0 spiro atoms. The number of carbonyl (C=O) groups is 1. The molecule has 1 aromatic carbocycles. The smallest absolute Gasteiger partial charge is 0.344 e. The van der Waals surface area contributed by atoms with Crippen LogP contribution < -0.4 is 9.64 Å². The number of hydrogen-bond donors (Lipinski definition) is 1. The lowest BCUT2D eigenvalue weighted by Crippen LogP contribution is -3.11. The molecule has 1 aromatic rings. The molecule has 1 aliphatic rings. The lowest BCUT2D eigenvalue weighted by molar-refractivity contribution is -0.890. The number of rotatable bonds is 6. The Morgan fingerprint density at radius 2 is 1.95 bits per heavy atom. The van der Waals surface area contributed by atoms with Crippen molar-refractivity contribution in [3.05, 3.63) is 28.7 Å². The summed E-state index contributed by atoms with van der Waals surface area (Å²) in [6.07, 6.45) is 2.51. The van der Waals surface area contributed by atoms with Gasteiger partial charge in [0.25, 0.3) is 0 Å². The van der Waals surface area contributed by atoms with Crippen LogP contribution in [0.1, 0.15) is 19.8 Å². The summed E-state index contributed by atoms with van der Waals surface area (Å²) in [7, 11) is 0. The Hall–Kier alpha value is -1.07. The van der Waals surface area contributed by atoms with Gasteiger partial charge in [-0.2, -0.15) is 0 Å². The van der Waals surface area contributed by atoms with E-state index in [0.29, 0.717) is 5.75 Å². The molecule has 1 aliphatic heterocycles. The van der Waals surface area contributed by atoms with E-state index in [0.717, 1.165) is 11.0 Å². The molecule has 20 heavy (non-hydrogen) atoms. The fourth-order valence-corrected chi connectivity index (χ4v) is 2.72. The number of benzene rings is 1. The maximum atomic E-state index is 11.7.